The number of rotatable bonds is 17. The summed E-state index contributed by atoms with van der Waals surface area (Å²) >= 11 is 0. The zero-order valence-corrected chi connectivity index (χ0v) is 24.9. The Balaban J connectivity index is 3.25. The maximum atomic E-state index is 13.3. The molecule has 0 amide bonds. The van der Waals surface area contributed by atoms with Crippen LogP contribution in [0.1, 0.15) is 113 Å². The zero-order chi connectivity index (χ0) is 28.0. The molecule has 0 radical (unpaired) electrons. The largest absolute Gasteiger partial charge is 0.466 e. The molecule has 0 aromatic heterocycles. The SMILES string of the molecule is CCOC(=O)C1=C(/C=C/CC(C)CCCC(C)C)[C@@H](C(=O)OCC)[C@@H](CC(C)CCCC(C)C)CC1=O. The molecule has 0 heterocycles. The van der Waals surface area contributed by atoms with E-state index in [0.29, 0.717) is 29.2 Å². The van der Waals surface area contributed by atoms with Crippen molar-refractivity contribution in [2.24, 2.45) is 35.5 Å². The molecule has 5 nitrogen and oxygen atoms in total. The Hall–Kier alpha value is -1.91. The summed E-state index contributed by atoms with van der Waals surface area (Å²) in [6.45, 7) is 17.3. The molecule has 0 aliphatic heterocycles. The van der Waals surface area contributed by atoms with Crippen molar-refractivity contribution < 1.29 is 23.9 Å². The lowest BCUT2D eigenvalue weighted by Gasteiger charge is -2.33. The first kappa shape index (κ1) is 33.1. The lowest BCUT2D eigenvalue weighted by molar-refractivity contribution is -0.149. The Kier molecular flexibility index (Phi) is 15.7. The van der Waals surface area contributed by atoms with E-state index in [1.54, 1.807) is 13.8 Å². The molecule has 5 heteroatoms. The standard InChI is InChI=1S/C32H54O5/c1-9-36-31(34)29-26(20-25(8)18-12-15-23(5)6)21-28(33)30(32(35)37-10-2)27(29)19-13-17-24(7)16-11-14-22(3)4/h13,19,22-26,29H,9-12,14-18,20-21H2,1-8H3/b19-13+/t24?,25?,26-,29-/m0/s1. The van der Waals surface area contributed by atoms with Crippen LogP contribution in [0.4, 0.5) is 0 Å². The Morgan fingerprint density at radius 1 is 0.865 bits per heavy atom. The monoisotopic (exact) mass is 518 g/mol. The van der Waals surface area contributed by atoms with Crippen molar-refractivity contribution in [2.45, 2.75) is 113 Å². The van der Waals surface area contributed by atoms with E-state index in [0.717, 1.165) is 32.1 Å². The number of ketones is 1. The van der Waals surface area contributed by atoms with Crippen LogP contribution in [0.3, 0.4) is 0 Å². The van der Waals surface area contributed by atoms with Crippen LogP contribution < -0.4 is 0 Å². The summed E-state index contributed by atoms with van der Waals surface area (Å²) in [6, 6.07) is 0. The van der Waals surface area contributed by atoms with Crippen molar-refractivity contribution in [3.8, 4) is 0 Å². The molecule has 4 atom stereocenters. The third kappa shape index (κ3) is 12.0. The van der Waals surface area contributed by atoms with Gasteiger partial charge in [-0.2, -0.15) is 0 Å². The number of carbonyl (C=O) groups is 3. The van der Waals surface area contributed by atoms with Gasteiger partial charge >= 0.3 is 11.9 Å². The molecule has 0 aromatic rings. The van der Waals surface area contributed by atoms with Crippen molar-refractivity contribution in [1.29, 1.82) is 0 Å². The Morgan fingerprint density at radius 2 is 1.43 bits per heavy atom. The number of esters is 2. The highest BCUT2D eigenvalue weighted by Gasteiger charge is 2.43. The predicted octanol–water partition coefficient (Wildman–Crippen LogP) is 7.88. The highest BCUT2D eigenvalue weighted by molar-refractivity contribution is 6.19. The fourth-order valence-electron chi connectivity index (χ4n) is 5.35. The summed E-state index contributed by atoms with van der Waals surface area (Å²) in [6.07, 6.45) is 12.5. The summed E-state index contributed by atoms with van der Waals surface area (Å²) in [5.74, 6) is 0.221. The lowest BCUT2D eigenvalue weighted by atomic mass is 9.70. The molecular weight excluding hydrogens is 464 g/mol. The van der Waals surface area contributed by atoms with Gasteiger partial charge in [0.1, 0.15) is 5.57 Å². The maximum Gasteiger partial charge on any atom is 0.342 e. The minimum absolute atomic E-state index is 0.0346. The van der Waals surface area contributed by atoms with Gasteiger partial charge in [0.15, 0.2) is 5.78 Å². The first-order chi connectivity index (χ1) is 17.5. The van der Waals surface area contributed by atoms with Crippen LogP contribution in [0.5, 0.6) is 0 Å². The van der Waals surface area contributed by atoms with Crippen molar-refractivity contribution >= 4 is 17.7 Å². The Labute approximate surface area is 226 Å². The van der Waals surface area contributed by atoms with Crippen LogP contribution >= 0.6 is 0 Å². The van der Waals surface area contributed by atoms with E-state index in [-0.39, 0.29) is 42.9 Å². The normalized spacial score (nSPS) is 20.1. The van der Waals surface area contributed by atoms with Gasteiger partial charge in [-0.1, -0.05) is 92.2 Å². The van der Waals surface area contributed by atoms with Crippen LogP contribution in [0.15, 0.2) is 23.3 Å². The van der Waals surface area contributed by atoms with Crippen LogP contribution in [0.2, 0.25) is 0 Å². The van der Waals surface area contributed by atoms with E-state index in [4.69, 9.17) is 9.47 Å². The van der Waals surface area contributed by atoms with Gasteiger partial charge in [-0.3, -0.25) is 9.59 Å². The average Bonchev–Trinajstić information content (AvgIpc) is 2.78. The summed E-state index contributed by atoms with van der Waals surface area (Å²) < 4.78 is 10.8. The molecule has 0 fully saturated rings. The Bertz CT molecular complexity index is 776. The van der Waals surface area contributed by atoms with Gasteiger partial charge in [-0.05, 0) is 61.9 Å². The zero-order valence-electron chi connectivity index (χ0n) is 24.9. The third-order valence-corrected chi connectivity index (χ3v) is 7.34. The van der Waals surface area contributed by atoms with Gasteiger partial charge in [0.25, 0.3) is 0 Å². The molecule has 0 spiro atoms. The van der Waals surface area contributed by atoms with Crippen LogP contribution in [-0.4, -0.2) is 30.9 Å². The molecule has 0 saturated carbocycles. The molecule has 0 saturated heterocycles. The van der Waals surface area contributed by atoms with Gasteiger partial charge in [-0.25, -0.2) is 4.79 Å². The molecule has 37 heavy (non-hydrogen) atoms. The van der Waals surface area contributed by atoms with Crippen LogP contribution in [-0.2, 0) is 23.9 Å². The summed E-state index contributed by atoms with van der Waals surface area (Å²) in [4.78, 5) is 39.5. The average molecular weight is 519 g/mol. The number of ether oxygens (including phenoxy) is 2. The lowest BCUT2D eigenvalue weighted by Crippen LogP contribution is -2.37. The Morgan fingerprint density at radius 3 is 1.97 bits per heavy atom. The van der Waals surface area contributed by atoms with Crippen LogP contribution in [0, 0.1) is 35.5 Å². The van der Waals surface area contributed by atoms with Gasteiger partial charge in [-0.15, -0.1) is 0 Å². The van der Waals surface area contributed by atoms with E-state index in [9.17, 15) is 14.4 Å². The molecule has 0 N–H and O–H groups in total. The fraction of sp³-hybridized carbons (Fsp3) is 0.781. The first-order valence-corrected chi connectivity index (χ1v) is 14.8. The molecule has 212 valence electrons. The molecule has 0 bridgehead atoms. The highest BCUT2D eigenvalue weighted by Crippen LogP contribution is 2.40. The second kappa shape index (κ2) is 17.6. The van der Waals surface area contributed by atoms with E-state index >= 15 is 0 Å². The third-order valence-electron chi connectivity index (χ3n) is 7.34. The summed E-state index contributed by atoms with van der Waals surface area (Å²) in [5, 5.41) is 0. The van der Waals surface area contributed by atoms with Crippen molar-refractivity contribution in [2.75, 3.05) is 13.2 Å². The molecule has 1 aliphatic rings. The number of allylic oxidation sites excluding steroid dienone is 2. The summed E-state index contributed by atoms with van der Waals surface area (Å²) in [5.41, 5.74) is 0.522. The van der Waals surface area contributed by atoms with Crippen LogP contribution in [0.25, 0.3) is 0 Å². The van der Waals surface area contributed by atoms with Crippen molar-refractivity contribution in [3.05, 3.63) is 23.3 Å². The van der Waals surface area contributed by atoms with E-state index in [1.165, 1.54) is 19.3 Å². The fourth-order valence-corrected chi connectivity index (χ4v) is 5.35. The molecule has 2 unspecified atom stereocenters. The van der Waals surface area contributed by atoms with E-state index in [2.05, 4.69) is 41.5 Å². The minimum atomic E-state index is -0.630. The van der Waals surface area contributed by atoms with Crippen molar-refractivity contribution in [3.63, 3.8) is 0 Å². The molecular formula is C32H54O5. The van der Waals surface area contributed by atoms with E-state index in [1.807, 2.05) is 12.2 Å². The first-order valence-electron chi connectivity index (χ1n) is 14.8. The van der Waals surface area contributed by atoms with E-state index < -0.39 is 11.9 Å². The second-order valence-corrected chi connectivity index (χ2v) is 11.9. The number of hydrogen-bond donors (Lipinski definition) is 0. The smallest absolute Gasteiger partial charge is 0.342 e. The minimum Gasteiger partial charge on any atom is -0.466 e. The highest BCUT2D eigenvalue weighted by atomic mass is 16.5. The topological polar surface area (TPSA) is 69.7 Å². The van der Waals surface area contributed by atoms with Gasteiger partial charge in [0, 0.05) is 6.42 Å². The number of hydrogen-bond acceptors (Lipinski definition) is 5. The summed E-state index contributed by atoms with van der Waals surface area (Å²) in [7, 11) is 0. The maximum absolute atomic E-state index is 13.3. The number of carbonyl (C=O) groups excluding carboxylic acids is 3. The van der Waals surface area contributed by atoms with Gasteiger partial charge < -0.3 is 9.47 Å². The predicted molar refractivity (Wildman–Crippen MR) is 151 cm³/mol. The second-order valence-electron chi connectivity index (χ2n) is 11.9. The number of Topliss-reactive ketones (excluding diaryl/α,β-unsaturated/α-hetero) is 1. The van der Waals surface area contributed by atoms with Crippen molar-refractivity contribution in [1.82, 2.24) is 0 Å². The molecule has 1 rings (SSSR count). The molecule has 1 aliphatic carbocycles. The van der Waals surface area contributed by atoms with Gasteiger partial charge in [0.05, 0.1) is 19.1 Å². The quantitative estimate of drug-likeness (QED) is 0.145. The van der Waals surface area contributed by atoms with Gasteiger partial charge in [0.2, 0.25) is 0 Å². The molecule has 0 aromatic carbocycles.